The van der Waals surface area contributed by atoms with Crippen LogP contribution in [0.2, 0.25) is 0 Å². The maximum Gasteiger partial charge on any atom is 0.341 e. The highest BCUT2D eigenvalue weighted by molar-refractivity contribution is 6.57. The number of ether oxygens (including phenoxy) is 2. The van der Waals surface area contributed by atoms with Gasteiger partial charge in [-0.15, -0.1) is 0 Å². The van der Waals surface area contributed by atoms with Crippen LogP contribution < -0.4 is 0 Å². The predicted octanol–water partition coefficient (Wildman–Crippen LogP) is 1.28. The van der Waals surface area contributed by atoms with E-state index >= 15 is 0 Å². The molecule has 0 spiro atoms. The van der Waals surface area contributed by atoms with E-state index < -0.39 is 22.1 Å². The summed E-state index contributed by atoms with van der Waals surface area (Å²) in [5, 5.41) is 0. The SMILES string of the molecule is CC(=O)OC(Cl)(Cl)C(=O)N1CCOC1(C)C. The molecule has 0 unspecified atom stereocenters. The maximum atomic E-state index is 11.9. The summed E-state index contributed by atoms with van der Waals surface area (Å²) in [6.45, 7) is 5.28. The monoisotopic (exact) mass is 269 g/mol. The predicted molar refractivity (Wildman–Crippen MR) is 57.9 cm³/mol. The van der Waals surface area contributed by atoms with E-state index in [-0.39, 0.29) is 0 Å². The molecule has 7 heteroatoms. The Kier molecular flexibility index (Phi) is 3.72. The van der Waals surface area contributed by atoms with E-state index in [1.165, 1.54) is 4.90 Å². The quantitative estimate of drug-likeness (QED) is 0.560. The summed E-state index contributed by atoms with van der Waals surface area (Å²) in [4.78, 5) is 24.0. The van der Waals surface area contributed by atoms with Crippen LogP contribution in [0.15, 0.2) is 0 Å². The van der Waals surface area contributed by atoms with E-state index in [1.54, 1.807) is 13.8 Å². The van der Waals surface area contributed by atoms with Crippen molar-refractivity contribution in [3.63, 3.8) is 0 Å². The van der Waals surface area contributed by atoms with Gasteiger partial charge in [-0.2, -0.15) is 0 Å². The van der Waals surface area contributed by atoms with Gasteiger partial charge < -0.3 is 14.4 Å². The van der Waals surface area contributed by atoms with Crippen LogP contribution in [0, 0.1) is 0 Å². The molecule has 1 rings (SSSR count). The summed E-state index contributed by atoms with van der Waals surface area (Å²) < 4.78 is 7.67. The van der Waals surface area contributed by atoms with Gasteiger partial charge in [-0.3, -0.25) is 9.59 Å². The van der Waals surface area contributed by atoms with Crippen LogP contribution in [-0.2, 0) is 19.1 Å². The van der Waals surface area contributed by atoms with E-state index in [2.05, 4.69) is 4.74 Å². The van der Waals surface area contributed by atoms with Crippen molar-refractivity contribution in [2.45, 2.75) is 31.0 Å². The molecule has 0 aromatic carbocycles. The Morgan fingerprint density at radius 1 is 1.44 bits per heavy atom. The van der Waals surface area contributed by atoms with Gasteiger partial charge >= 0.3 is 16.4 Å². The highest BCUT2D eigenvalue weighted by Crippen LogP contribution is 2.31. The van der Waals surface area contributed by atoms with Crippen molar-refractivity contribution in [3.05, 3.63) is 0 Å². The fourth-order valence-corrected chi connectivity index (χ4v) is 1.88. The molecule has 1 fully saturated rings. The van der Waals surface area contributed by atoms with Crippen LogP contribution in [0.4, 0.5) is 0 Å². The molecule has 1 saturated heterocycles. The molecule has 16 heavy (non-hydrogen) atoms. The Labute approximate surface area is 104 Å². The highest BCUT2D eigenvalue weighted by Gasteiger charge is 2.48. The third-order valence-electron chi connectivity index (χ3n) is 2.19. The third-order valence-corrected chi connectivity index (χ3v) is 2.66. The Morgan fingerprint density at radius 2 is 2.00 bits per heavy atom. The molecular weight excluding hydrogens is 257 g/mol. The zero-order chi connectivity index (χ0) is 12.6. The van der Waals surface area contributed by atoms with Crippen LogP contribution in [-0.4, -0.2) is 40.2 Å². The molecule has 5 nitrogen and oxygen atoms in total. The molecular formula is C9H13Cl2NO4. The van der Waals surface area contributed by atoms with Gasteiger partial charge in [-0.05, 0) is 37.0 Å². The van der Waals surface area contributed by atoms with E-state index in [1.807, 2.05) is 0 Å². The van der Waals surface area contributed by atoms with Crippen molar-refractivity contribution in [1.29, 1.82) is 0 Å². The molecule has 0 bridgehead atoms. The Balaban J connectivity index is 2.81. The summed E-state index contributed by atoms with van der Waals surface area (Å²) in [5.74, 6) is -1.43. The number of halogens is 2. The first-order valence-corrected chi connectivity index (χ1v) is 5.46. The first-order chi connectivity index (χ1) is 7.17. The molecule has 0 N–H and O–H groups in total. The van der Waals surface area contributed by atoms with Crippen molar-refractivity contribution >= 4 is 35.1 Å². The molecule has 1 amide bonds. The second-order valence-electron chi connectivity index (χ2n) is 3.86. The van der Waals surface area contributed by atoms with Crippen LogP contribution in [0.5, 0.6) is 0 Å². The minimum absolute atomic E-state index is 0.355. The van der Waals surface area contributed by atoms with Gasteiger partial charge in [0.1, 0.15) is 5.72 Å². The van der Waals surface area contributed by atoms with E-state index in [4.69, 9.17) is 27.9 Å². The second-order valence-corrected chi connectivity index (χ2v) is 5.12. The second kappa shape index (κ2) is 4.39. The smallest absolute Gasteiger partial charge is 0.341 e. The van der Waals surface area contributed by atoms with Crippen LogP contribution in [0.25, 0.3) is 0 Å². The molecule has 0 aromatic rings. The first kappa shape index (κ1) is 13.5. The van der Waals surface area contributed by atoms with Crippen molar-refractivity contribution < 1.29 is 19.1 Å². The zero-order valence-corrected chi connectivity index (χ0v) is 10.8. The van der Waals surface area contributed by atoms with Crippen LogP contribution in [0.1, 0.15) is 20.8 Å². The van der Waals surface area contributed by atoms with Crippen molar-refractivity contribution in [2.75, 3.05) is 13.2 Å². The average molecular weight is 270 g/mol. The number of carbonyl (C=O) groups excluding carboxylic acids is 2. The largest absolute Gasteiger partial charge is 0.419 e. The summed E-state index contributed by atoms with van der Waals surface area (Å²) in [6.07, 6.45) is 0. The molecule has 1 heterocycles. The van der Waals surface area contributed by atoms with Gasteiger partial charge in [-0.1, -0.05) is 0 Å². The number of rotatable bonds is 2. The Morgan fingerprint density at radius 3 is 2.38 bits per heavy atom. The van der Waals surface area contributed by atoms with Crippen LogP contribution >= 0.6 is 23.2 Å². The van der Waals surface area contributed by atoms with Gasteiger partial charge in [0.05, 0.1) is 6.61 Å². The Hall–Kier alpha value is -0.520. The molecule has 1 aliphatic heterocycles. The average Bonchev–Trinajstić information content (AvgIpc) is 2.41. The van der Waals surface area contributed by atoms with Gasteiger partial charge in [0, 0.05) is 13.5 Å². The summed E-state index contributed by atoms with van der Waals surface area (Å²) in [7, 11) is 0. The third kappa shape index (κ3) is 2.78. The zero-order valence-electron chi connectivity index (χ0n) is 9.25. The molecule has 0 aliphatic carbocycles. The minimum Gasteiger partial charge on any atom is -0.419 e. The lowest BCUT2D eigenvalue weighted by Gasteiger charge is -2.33. The number of alkyl halides is 2. The molecule has 0 radical (unpaired) electrons. The topological polar surface area (TPSA) is 55.8 Å². The van der Waals surface area contributed by atoms with Gasteiger partial charge in [0.2, 0.25) is 0 Å². The van der Waals surface area contributed by atoms with Gasteiger partial charge in [0.25, 0.3) is 0 Å². The van der Waals surface area contributed by atoms with E-state index in [9.17, 15) is 9.59 Å². The molecule has 92 valence electrons. The van der Waals surface area contributed by atoms with Crippen LogP contribution in [0.3, 0.4) is 0 Å². The molecule has 1 aliphatic rings. The van der Waals surface area contributed by atoms with E-state index in [0.29, 0.717) is 13.2 Å². The summed E-state index contributed by atoms with van der Waals surface area (Å²) >= 11 is 11.3. The maximum absolute atomic E-state index is 11.9. The standard InChI is InChI=1S/C9H13Cl2NO4/c1-6(13)16-9(10,11)7(14)12-4-5-15-8(12,2)3/h4-5H2,1-3H3. The van der Waals surface area contributed by atoms with Gasteiger partial charge in [0.15, 0.2) is 0 Å². The number of hydrogen-bond donors (Lipinski definition) is 0. The number of esters is 1. The lowest BCUT2D eigenvalue weighted by atomic mass is 10.2. The van der Waals surface area contributed by atoms with Crippen molar-refractivity contribution in [1.82, 2.24) is 4.90 Å². The number of amides is 1. The number of nitrogens with zero attached hydrogens (tertiary/aromatic N) is 1. The highest BCUT2D eigenvalue weighted by atomic mass is 35.5. The normalized spacial score (nSPS) is 19.7. The number of carbonyl (C=O) groups is 2. The molecule has 0 saturated carbocycles. The fourth-order valence-electron chi connectivity index (χ4n) is 1.46. The minimum atomic E-state index is -2.20. The Bertz CT molecular complexity index is 317. The molecule has 0 atom stereocenters. The summed E-state index contributed by atoms with van der Waals surface area (Å²) in [5.41, 5.74) is -0.799. The lowest BCUT2D eigenvalue weighted by Crippen LogP contribution is -2.51. The fraction of sp³-hybridized carbons (Fsp3) is 0.778. The summed E-state index contributed by atoms with van der Waals surface area (Å²) in [6, 6.07) is 0. The molecule has 0 aromatic heterocycles. The van der Waals surface area contributed by atoms with Gasteiger partial charge in [-0.25, -0.2) is 0 Å². The van der Waals surface area contributed by atoms with E-state index in [0.717, 1.165) is 6.92 Å². The number of hydrogen-bond acceptors (Lipinski definition) is 4. The lowest BCUT2D eigenvalue weighted by molar-refractivity contribution is -0.163. The van der Waals surface area contributed by atoms with Crippen molar-refractivity contribution in [2.24, 2.45) is 0 Å². The van der Waals surface area contributed by atoms with Crippen molar-refractivity contribution in [3.8, 4) is 0 Å². The first-order valence-electron chi connectivity index (χ1n) is 4.70.